The predicted octanol–water partition coefficient (Wildman–Crippen LogP) is 5.06. The molecule has 0 N–H and O–H groups in total. The molecule has 0 aliphatic carbocycles. The fourth-order valence-electron chi connectivity index (χ4n) is 2.16. The number of methoxy groups -OCH3 is 1. The molecule has 0 saturated heterocycles. The van der Waals surface area contributed by atoms with Crippen LogP contribution in [0.25, 0.3) is 11.1 Å². The van der Waals surface area contributed by atoms with Crippen LogP contribution in [-0.2, 0) is 10.9 Å². The molecular formula is C16H10F6O3. The Morgan fingerprint density at radius 1 is 0.960 bits per heavy atom. The van der Waals surface area contributed by atoms with Gasteiger partial charge in [-0.2, -0.15) is 13.2 Å². The van der Waals surface area contributed by atoms with Crippen LogP contribution in [0, 0.1) is 0 Å². The van der Waals surface area contributed by atoms with Crippen LogP contribution in [0.15, 0.2) is 42.5 Å². The second-order valence-corrected chi connectivity index (χ2v) is 4.79. The lowest BCUT2D eigenvalue weighted by molar-refractivity contribution is -0.274. The van der Waals surface area contributed by atoms with E-state index in [0.29, 0.717) is 6.07 Å². The van der Waals surface area contributed by atoms with Crippen molar-refractivity contribution in [2.75, 3.05) is 7.11 Å². The second-order valence-electron chi connectivity index (χ2n) is 4.79. The molecule has 0 aliphatic heterocycles. The summed E-state index contributed by atoms with van der Waals surface area (Å²) in [5.41, 5.74) is -2.13. The molecule has 2 rings (SSSR count). The fourth-order valence-corrected chi connectivity index (χ4v) is 2.16. The van der Waals surface area contributed by atoms with E-state index in [0.717, 1.165) is 37.4 Å². The van der Waals surface area contributed by atoms with Crippen molar-refractivity contribution >= 4 is 5.97 Å². The van der Waals surface area contributed by atoms with Crippen molar-refractivity contribution < 1.29 is 40.6 Å². The van der Waals surface area contributed by atoms with Crippen LogP contribution < -0.4 is 4.74 Å². The normalized spacial score (nSPS) is 12.0. The van der Waals surface area contributed by atoms with E-state index in [1.165, 1.54) is 6.07 Å². The van der Waals surface area contributed by atoms with Crippen molar-refractivity contribution in [2.24, 2.45) is 0 Å². The number of carbonyl (C=O) groups is 1. The minimum absolute atomic E-state index is 0.195. The number of esters is 1. The van der Waals surface area contributed by atoms with Crippen LogP contribution in [0.5, 0.6) is 5.75 Å². The van der Waals surface area contributed by atoms with Gasteiger partial charge in [0.05, 0.1) is 12.7 Å². The summed E-state index contributed by atoms with van der Waals surface area (Å²) in [6, 6.07) is 7.08. The molecule has 2 aromatic carbocycles. The molecule has 0 atom stereocenters. The smallest absolute Gasteiger partial charge is 0.465 e. The Hall–Kier alpha value is -2.71. The average molecular weight is 364 g/mol. The van der Waals surface area contributed by atoms with Gasteiger partial charge in [0.1, 0.15) is 11.3 Å². The van der Waals surface area contributed by atoms with Crippen molar-refractivity contribution in [3.63, 3.8) is 0 Å². The lowest BCUT2D eigenvalue weighted by Crippen LogP contribution is -2.19. The highest BCUT2D eigenvalue weighted by Gasteiger charge is 2.35. The van der Waals surface area contributed by atoms with Gasteiger partial charge in [0, 0.05) is 0 Å². The van der Waals surface area contributed by atoms with Gasteiger partial charge in [0.15, 0.2) is 0 Å². The molecule has 9 heteroatoms. The Bertz CT molecular complexity index is 780. The number of carbonyl (C=O) groups excluding carboxylic acids is 1. The van der Waals surface area contributed by atoms with Crippen molar-refractivity contribution in [3.05, 3.63) is 53.6 Å². The van der Waals surface area contributed by atoms with Crippen molar-refractivity contribution in [2.45, 2.75) is 12.5 Å². The molecule has 134 valence electrons. The number of ether oxygens (including phenoxy) is 2. The topological polar surface area (TPSA) is 35.5 Å². The highest BCUT2D eigenvalue weighted by Crippen LogP contribution is 2.39. The van der Waals surface area contributed by atoms with E-state index in [4.69, 9.17) is 0 Å². The molecule has 0 saturated carbocycles. The van der Waals surface area contributed by atoms with Gasteiger partial charge in [-0.15, -0.1) is 13.2 Å². The SMILES string of the molecule is COC(=O)c1ccc(-c2ccccc2C(F)(F)F)cc1OC(F)(F)F. The van der Waals surface area contributed by atoms with Gasteiger partial charge < -0.3 is 9.47 Å². The fraction of sp³-hybridized carbons (Fsp3) is 0.188. The molecule has 0 radical (unpaired) electrons. The summed E-state index contributed by atoms with van der Waals surface area (Å²) in [5.74, 6) is -2.07. The Morgan fingerprint density at radius 3 is 2.16 bits per heavy atom. The minimum Gasteiger partial charge on any atom is -0.465 e. The van der Waals surface area contributed by atoms with E-state index >= 15 is 0 Å². The van der Waals surface area contributed by atoms with E-state index in [9.17, 15) is 31.1 Å². The molecule has 0 bridgehead atoms. The largest absolute Gasteiger partial charge is 0.573 e. The third-order valence-corrected chi connectivity index (χ3v) is 3.16. The average Bonchev–Trinajstić information content (AvgIpc) is 2.52. The molecule has 0 aliphatic rings. The van der Waals surface area contributed by atoms with Crippen LogP contribution in [0.4, 0.5) is 26.3 Å². The van der Waals surface area contributed by atoms with Crippen LogP contribution in [-0.4, -0.2) is 19.4 Å². The van der Waals surface area contributed by atoms with Crippen LogP contribution in [0.2, 0.25) is 0 Å². The van der Waals surface area contributed by atoms with Gasteiger partial charge in [-0.1, -0.05) is 24.3 Å². The van der Waals surface area contributed by atoms with Crippen LogP contribution in [0.3, 0.4) is 0 Å². The van der Waals surface area contributed by atoms with Gasteiger partial charge in [-0.05, 0) is 29.3 Å². The van der Waals surface area contributed by atoms with Crippen molar-refractivity contribution in [1.29, 1.82) is 0 Å². The molecular weight excluding hydrogens is 354 g/mol. The Balaban J connectivity index is 2.62. The Kier molecular flexibility index (Phi) is 4.96. The lowest BCUT2D eigenvalue weighted by Gasteiger charge is -2.16. The first-order chi connectivity index (χ1) is 11.5. The maximum atomic E-state index is 13.1. The molecule has 0 aromatic heterocycles. The maximum absolute atomic E-state index is 13.1. The van der Waals surface area contributed by atoms with E-state index in [1.54, 1.807) is 0 Å². The highest BCUT2D eigenvalue weighted by atomic mass is 19.4. The molecule has 0 spiro atoms. The molecule has 0 heterocycles. The Labute approximate surface area is 137 Å². The molecule has 0 unspecified atom stereocenters. The number of rotatable bonds is 3. The zero-order valence-corrected chi connectivity index (χ0v) is 12.5. The van der Waals surface area contributed by atoms with Gasteiger partial charge in [0.2, 0.25) is 0 Å². The first-order valence-corrected chi connectivity index (χ1v) is 6.67. The molecule has 3 nitrogen and oxygen atoms in total. The first-order valence-electron chi connectivity index (χ1n) is 6.67. The lowest BCUT2D eigenvalue weighted by atomic mass is 9.98. The van der Waals surface area contributed by atoms with E-state index in [-0.39, 0.29) is 11.1 Å². The van der Waals surface area contributed by atoms with Gasteiger partial charge in [0.25, 0.3) is 0 Å². The molecule has 2 aromatic rings. The number of benzene rings is 2. The maximum Gasteiger partial charge on any atom is 0.573 e. The summed E-state index contributed by atoms with van der Waals surface area (Å²) in [6.07, 6.45) is -9.84. The number of hydrogen-bond acceptors (Lipinski definition) is 3. The van der Waals surface area contributed by atoms with Crippen LogP contribution in [0.1, 0.15) is 15.9 Å². The van der Waals surface area contributed by atoms with E-state index in [2.05, 4.69) is 9.47 Å². The van der Waals surface area contributed by atoms with Gasteiger partial charge in [-0.3, -0.25) is 0 Å². The number of hydrogen-bond donors (Lipinski definition) is 0. The number of alkyl halides is 6. The third-order valence-electron chi connectivity index (χ3n) is 3.16. The van der Waals surface area contributed by atoms with Gasteiger partial charge >= 0.3 is 18.5 Å². The van der Waals surface area contributed by atoms with Gasteiger partial charge in [-0.25, -0.2) is 4.79 Å². The Morgan fingerprint density at radius 2 is 1.60 bits per heavy atom. The summed E-state index contributed by atoms with van der Waals surface area (Å²) in [7, 11) is 0.951. The standard InChI is InChI=1S/C16H10F6O3/c1-24-14(23)11-7-6-9(8-13(11)25-16(20,21)22)10-4-2-3-5-12(10)15(17,18)19/h2-8H,1H3. The monoisotopic (exact) mass is 364 g/mol. The minimum atomic E-state index is -5.13. The molecule has 25 heavy (non-hydrogen) atoms. The highest BCUT2D eigenvalue weighted by molar-refractivity contribution is 5.93. The summed E-state index contributed by atoms with van der Waals surface area (Å²) in [5, 5.41) is 0. The second kappa shape index (κ2) is 6.66. The number of halogens is 6. The van der Waals surface area contributed by atoms with Crippen molar-refractivity contribution in [3.8, 4) is 16.9 Å². The molecule has 0 fully saturated rings. The summed E-state index contributed by atoms with van der Waals surface area (Å²) < 4.78 is 85.0. The summed E-state index contributed by atoms with van der Waals surface area (Å²) in [4.78, 5) is 11.5. The summed E-state index contributed by atoms with van der Waals surface area (Å²) in [6.45, 7) is 0. The van der Waals surface area contributed by atoms with Crippen molar-refractivity contribution in [1.82, 2.24) is 0 Å². The predicted molar refractivity (Wildman–Crippen MR) is 74.9 cm³/mol. The zero-order valence-electron chi connectivity index (χ0n) is 12.5. The zero-order chi connectivity index (χ0) is 18.8. The summed E-state index contributed by atoms with van der Waals surface area (Å²) >= 11 is 0. The third kappa shape index (κ3) is 4.43. The van der Waals surface area contributed by atoms with E-state index in [1.807, 2.05) is 0 Å². The first kappa shape index (κ1) is 18.6. The van der Waals surface area contributed by atoms with E-state index < -0.39 is 35.4 Å². The quantitative estimate of drug-likeness (QED) is 0.564. The molecule has 0 amide bonds. The van der Waals surface area contributed by atoms with Crippen LogP contribution >= 0.6 is 0 Å².